The number of alkyl halides is 2. The minimum Gasteiger partial charge on any atom is -0.462 e. The highest BCUT2D eigenvalue weighted by Crippen LogP contribution is 2.36. The van der Waals surface area contributed by atoms with Gasteiger partial charge in [-0.1, -0.05) is 4.40 Å². The van der Waals surface area contributed by atoms with Crippen molar-refractivity contribution in [3.05, 3.63) is 10.3 Å². The number of rotatable bonds is 6. The van der Waals surface area contributed by atoms with E-state index in [0.717, 1.165) is 11.5 Å². The van der Waals surface area contributed by atoms with E-state index in [1.54, 1.807) is 0 Å². The summed E-state index contributed by atoms with van der Waals surface area (Å²) in [5.74, 6) is -1.84. The number of hydrogen-bond acceptors (Lipinski definition) is 7. The van der Waals surface area contributed by atoms with Crippen LogP contribution in [-0.4, -0.2) is 33.7 Å². The average molecular weight is 327 g/mol. The van der Waals surface area contributed by atoms with Crippen molar-refractivity contribution < 1.29 is 36.3 Å². The van der Waals surface area contributed by atoms with Crippen LogP contribution in [0.4, 0.5) is 8.78 Å². The minimum atomic E-state index is -4.68. The molecule has 0 bridgehead atoms. The van der Waals surface area contributed by atoms with Crippen LogP contribution in [0.5, 0.6) is 5.75 Å². The fraction of sp³-hybridized carbons (Fsp3) is 0.333. The van der Waals surface area contributed by atoms with E-state index >= 15 is 0 Å². The zero-order chi connectivity index (χ0) is 15.3. The summed E-state index contributed by atoms with van der Waals surface area (Å²) < 4.78 is 58.8. The summed E-state index contributed by atoms with van der Waals surface area (Å²) in [5, 5.41) is 0.881. The topological polar surface area (TPSA) is 99.1 Å². The van der Waals surface area contributed by atoms with Crippen LogP contribution in [0.1, 0.15) is 16.6 Å². The van der Waals surface area contributed by atoms with Crippen LogP contribution in [-0.2, 0) is 19.6 Å². The molecule has 0 aliphatic heterocycles. The summed E-state index contributed by atoms with van der Waals surface area (Å²) in [7, 11) is -4.68. The molecule has 0 atom stereocenters. The Balaban J connectivity index is 3.45. The summed E-state index contributed by atoms with van der Waals surface area (Å²) in [5.41, 5.74) is 0. The lowest BCUT2D eigenvalue weighted by Gasteiger charge is -2.05. The normalized spacial score (nSPS) is 11.0. The van der Waals surface area contributed by atoms with E-state index in [1.165, 1.54) is 6.92 Å². The highest BCUT2D eigenvalue weighted by atomic mass is 32.2. The molecule has 0 radical (unpaired) electrons. The Labute approximate surface area is 115 Å². The van der Waals surface area contributed by atoms with Crippen LogP contribution in [0.25, 0.3) is 0 Å². The number of thiophene rings is 1. The molecule has 0 fully saturated rings. The van der Waals surface area contributed by atoms with Gasteiger partial charge in [0.15, 0.2) is 10.6 Å². The Kier molecular flexibility index (Phi) is 5.31. The first kappa shape index (κ1) is 16.2. The van der Waals surface area contributed by atoms with E-state index in [1.807, 2.05) is 0 Å². The van der Waals surface area contributed by atoms with Gasteiger partial charge in [0.25, 0.3) is 16.1 Å². The zero-order valence-electron chi connectivity index (χ0n) is 9.83. The number of carbonyl (C=O) groups is 1. The Morgan fingerprint density at radius 3 is 2.70 bits per heavy atom. The van der Waals surface area contributed by atoms with Gasteiger partial charge < -0.3 is 9.47 Å². The maximum absolute atomic E-state index is 12.2. The number of sulfonamides is 1. The molecule has 110 valence electrons. The van der Waals surface area contributed by atoms with E-state index in [4.69, 9.17) is 0 Å². The lowest BCUT2D eigenvalue weighted by Crippen LogP contribution is -2.10. The number of isocyanates is 1. The van der Waals surface area contributed by atoms with Crippen molar-refractivity contribution in [3.8, 4) is 5.75 Å². The Morgan fingerprint density at radius 2 is 2.20 bits per heavy atom. The van der Waals surface area contributed by atoms with E-state index in [-0.39, 0.29) is 6.61 Å². The summed E-state index contributed by atoms with van der Waals surface area (Å²) in [6, 6.07) is 0. The number of ether oxygens (including phenoxy) is 2. The molecule has 1 heterocycles. The molecule has 7 nitrogen and oxygen atoms in total. The highest BCUT2D eigenvalue weighted by molar-refractivity contribution is 7.90. The second-order valence-electron chi connectivity index (χ2n) is 3.01. The molecule has 0 aromatic carbocycles. The van der Waals surface area contributed by atoms with Gasteiger partial charge in [-0.25, -0.2) is 9.59 Å². The first-order valence-corrected chi connectivity index (χ1v) is 7.23. The molecule has 0 aliphatic rings. The van der Waals surface area contributed by atoms with Gasteiger partial charge in [-0.15, -0.1) is 11.3 Å². The number of esters is 1. The van der Waals surface area contributed by atoms with Crippen LogP contribution in [0.15, 0.2) is 14.7 Å². The predicted molar refractivity (Wildman–Crippen MR) is 62.2 cm³/mol. The van der Waals surface area contributed by atoms with E-state index in [2.05, 4.69) is 13.9 Å². The molecule has 1 aromatic heterocycles. The van der Waals surface area contributed by atoms with Crippen molar-refractivity contribution in [3.63, 3.8) is 0 Å². The second kappa shape index (κ2) is 6.55. The molecule has 0 aliphatic carbocycles. The van der Waals surface area contributed by atoms with Gasteiger partial charge in [-0.2, -0.15) is 17.2 Å². The third kappa shape index (κ3) is 3.59. The number of halogens is 2. The molecule has 0 amide bonds. The van der Waals surface area contributed by atoms with Crippen LogP contribution < -0.4 is 4.74 Å². The van der Waals surface area contributed by atoms with Crippen molar-refractivity contribution in [1.29, 1.82) is 0 Å². The summed E-state index contributed by atoms with van der Waals surface area (Å²) in [6.45, 7) is -1.90. The van der Waals surface area contributed by atoms with Gasteiger partial charge in [-0.05, 0) is 6.92 Å². The molecule has 0 saturated heterocycles. The second-order valence-corrected chi connectivity index (χ2v) is 5.44. The largest absolute Gasteiger partial charge is 0.462 e. The lowest BCUT2D eigenvalue weighted by atomic mass is 10.4. The van der Waals surface area contributed by atoms with E-state index < -0.39 is 38.1 Å². The summed E-state index contributed by atoms with van der Waals surface area (Å²) >= 11 is 0.517. The number of hydrogen-bond donors (Lipinski definition) is 0. The fourth-order valence-electron chi connectivity index (χ4n) is 1.19. The minimum absolute atomic E-state index is 0.0573. The Morgan fingerprint density at radius 1 is 1.55 bits per heavy atom. The monoisotopic (exact) mass is 327 g/mol. The van der Waals surface area contributed by atoms with Crippen LogP contribution >= 0.6 is 11.3 Å². The van der Waals surface area contributed by atoms with Crippen molar-refractivity contribution in [1.82, 2.24) is 0 Å². The van der Waals surface area contributed by atoms with Gasteiger partial charge in [0.1, 0.15) is 4.88 Å². The zero-order valence-corrected chi connectivity index (χ0v) is 11.5. The van der Waals surface area contributed by atoms with Crippen LogP contribution in [0.2, 0.25) is 0 Å². The maximum Gasteiger partial charge on any atom is 0.387 e. The van der Waals surface area contributed by atoms with Crippen molar-refractivity contribution in [2.75, 3.05) is 6.61 Å². The molecule has 11 heteroatoms. The van der Waals surface area contributed by atoms with Gasteiger partial charge in [0, 0.05) is 5.38 Å². The van der Waals surface area contributed by atoms with Crippen LogP contribution in [0.3, 0.4) is 0 Å². The molecule has 1 rings (SSSR count). The maximum atomic E-state index is 12.2. The van der Waals surface area contributed by atoms with Gasteiger partial charge in [0.05, 0.1) is 6.61 Å². The SMILES string of the molecule is CCOC(=O)c1scc(OC(F)F)c1S(=O)(=O)N=C=O. The predicted octanol–water partition coefficient (Wildman–Crippen LogP) is 1.55. The molecule has 0 unspecified atom stereocenters. The standard InChI is InChI=1S/C9H7F2NO6S2/c1-2-17-8(14)6-7(20(15,16)12-4-13)5(3-19-6)18-9(10)11/h3,9H,2H2,1H3. The lowest BCUT2D eigenvalue weighted by molar-refractivity contribution is -0.0514. The summed E-state index contributed by atoms with van der Waals surface area (Å²) in [4.78, 5) is 20.2. The Hall–Kier alpha value is -1.84. The molecule has 20 heavy (non-hydrogen) atoms. The molecule has 0 spiro atoms. The first-order valence-electron chi connectivity index (χ1n) is 4.91. The Bertz CT molecular complexity index is 647. The molecule has 1 aromatic rings. The van der Waals surface area contributed by atoms with Gasteiger partial charge in [0.2, 0.25) is 0 Å². The molecular formula is C9H7F2NO6S2. The fourth-order valence-corrected chi connectivity index (χ4v) is 3.35. The summed E-state index contributed by atoms with van der Waals surface area (Å²) in [6.07, 6.45) is 0.771. The van der Waals surface area contributed by atoms with E-state index in [0.29, 0.717) is 11.3 Å². The van der Waals surface area contributed by atoms with E-state index in [9.17, 15) is 26.8 Å². The first-order chi connectivity index (χ1) is 9.33. The van der Waals surface area contributed by atoms with Crippen LogP contribution in [0, 0.1) is 0 Å². The average Bonchev–Trinajstić information content (AvgIpc) is 2.72. The number of nitrogens with zero attached hydrogens (tertiary/aromatic N) is 1. The van der Waals surface area contributed by atoms with Crippen molar-refractivity contribution in [2.45, 2.75) is 18.4 Å². The van der Waals surface area contributed by atoms with Crippen molar-refractivity contribution in [2.24, 2.45) is 4.40 Å². The van der Waals surface area contributed by atoms with Crippen molar-refractivity contribution >= 4 is 33.4 Å². The quantitative estimate of drug-likeness (QED) is 0.446. The molecular weight excluding hydrogens is 320 g/mol. The highest BCUT2D eigenvalue weighted by Gasteiger charge is 2.31. The third-order valence-corrected chi connectivity index (χ3v) is 4.11. The third-order valence-electron chi connectivity index (χ3n) is 1.81. The van der Waals surface area contributed by atoms with Gasteiger partial charge in [-0.3, -0.25) is 0 Å². The number of carbonyl (C=O) groups excluding carboxylic acids is 2. The molecule has 0 saturated carbocycles. The molecule has 0 N–H and O–H groups in total. The van der Waals surface area contributed by atoms with Gasteiger partial charge >= 0.3 is 12.6 Å². The smallest absolute Gasteiger partial charge is 0.387 e.